The Bertz CT molecular complexity index is 1530. The third kappa shape index (κ3) is 4.37. The summed E-state index contributed by atoms with van der Waals surface area (Å²) in [5.74, 6) is -0.727. The molecule has 0 aromatic heterocycles. The summed E-state index contributed by atoms with van der Waals surface area (Å²) in [5, 5.41) is 2.54. The number of imide groups is 3. The first-order valence-electron chi connectivity index (χ1n) is 12.0. The largest absolute Gasteiger partial charge is 0.493 e. The van der Waals surface area contributed by atoms with Gasteiger partial charge in [-0.2, -0.15) is 4.90 Å². The Hall–Kier alpha value is -5.32. The number of cyclic esters (lactones) is 1. The van der Waals surface area contributed by atoms with Crippen LogP contribution >= 0.6 is 0 Å². The van der Waals surface area contributed by atoms with Gasteiger partial charge in [-0.3, -0.25) is 9.59 Å². The lowest BCUT2D eigenvalue weighted by molar-refractivity contribution is -0.132. The van der Waals surface area contributed by atoms with Crippen LogP contribution in [0.15, 0.2) is 54.6 Å². The fourth-order valence-electron chi connectivity index (χ4n) is 4.60. The van der Waals surface area contributed by atoms with E-state index in [4.69, 9.17) is 23.7 Å². The average molecular weight is 545 g/mol. The summed E-state index contributed by atoms with van der Waals surface area (Å²) in [6.07, 6.45) is 0. The molecule has 0 saturated carbocycles. The van der Waals surface area contributed by atoms with Crippen molar-refractivity contribution in [3.05, 3.63) is 76.9 Å². The molecule has 0 radical (unpaired) electrons. The van der Waals surface area contributed by atoms with Gasteiger partial charge in [0.05, 0.1) is 45.1 Å². The summed E-state index contributed by atoms with van der Waals surface area (Å²) in [4.78, 5) is 53.4. The van der Waals surface area contributed by atoms with E-state index < -0.39 is 23.8 Å². The second-order valence-electron chi connectivity index (χ2n) is 8.71. The van der Waals surface area contributed by atoms with Gasteiger partial charge in [-0.15, -0.1) is 0 Å². The molecule has 2 aliphatic rings. The highest BCUT2D eigenvalue weighted by Gasteiger charge is 2.44. The molecule has 0 spiro atoms. The molecule has 4 amide bonds. The van der Waals surface area contributed by atoms with Crippen LogP contribution in [0.3, 0.4) is 0 Å². The molecule has 5 rings (SSSR count). The maximum atomic E-state index is 13.8. The van der Waals surface area contributed by atoms with E-state index in [1.807, 2.05) is 0 Å². The van der Waals surface area contributed by atoms with Gasteiger partial charge in [-0.05, 0) is 47.5 Å². The zero-order chi connectivity index (χ0) is 28.6. The van der Waals surface area contributed by atoms with E-state index in [-0.39, 0.29) is 23.4 Å². The second-order valence-corrected chi connectivity index (χ2v) is 8.71. The first kappa shape index (κ1) is 26.3. The minimum absolute atomic E-state index is 0.0224. The molecule has 0 saturated heterocycles. The number of rotatable bonds is 7. The average Bonchev–Trinajstić information content (AvgIpc) is 3.47. The van der Waals surface area contributed by atoms with E-state index in [0.717, 1.165) is 0 Å². The number of benzene rings is 3. The van der Waals surface area contributed by atoms with Crippen LogP contribution in [0.4, 0.5) is 10.5 Å². The van der Waals surface area contributed by atoms with Gasteiger partial charge in [0.15, 0.2) is 23.0 Å². The Morgan fingerprint density at radius 1 is 0.725 bits per heavy atom. The van der Waals surface area contributed by atoms with E-state index in [0.29, 0.717) is 50.2 Å². The minimum Gasteiger partial charge on any atom is -0.493 e. The number of hydrogen-bond acceptors (Lipinski definition) is 9. The van der Waals surface area contributed by atoms with Crippen LogP contribution in [0.2, 0.25) is 0 Å². The number of hydrogen-bond donors (Lipinski definition) is 1. The third-order valence-electron chi connectivity index (χ3n) is 6.57. The van der Waals surface area contributed by atoms with Crippen LogP contribution in [0.5, 0.6) is 23.0 Å². The smallest absolute Gasteiger partial charge is 0.338 e. The van der Waals surface area contributed by atoms with Crippen molar-refractivity contribution in [2.24, 2.45) is 0 Å². The highest BCUT2D eigenvalue weighted by molar-refractivity contribution is 6.52. The van der Waals surface area contributed by atoms with Crippen LogP contribution in [0.1, 0.15) is 27.0 Å². The number of anilines is 1. The van der Waals surface area contributed by atoms with Crippen LogP contribution in [-0.2, 0) is 20.9 Å². The van der Waals surface area contributed by atoms with E-state index in [9.17, 15) is 19.2 Å². The molecule has 2 heterocycles. The van der Waals surface area contributed by atoms with Gasteiger partial charge >= 0.3 is 12.0 Å². The first-order valence-corrected chi connectivity index (χ1v) is 12.0. The van der Waals surface area contributed by atoms with Crippen molar-refractivity contribution in [2.75, 3.05) is 33.8 Å². The lowest BCUT2D eigenvalue weighted by Gasteiger charge is -2.15. The van der Waals surface area contributed by atoms with Crippen molar-refractivity contribution >= 4 is 40.6 Å². The van der Waals surface area contributed by atoms with Gasteiger partial charge in [0.25, 0.3) is 11.8 Å². The van der Waals surface area contributed by atoms with Gasteiger partial charge in [-0.25, -0.2) is 9.59 Å². The van der Waals surface area contributed by atoms with E-state index in [1.54, 1.807) is 48.5 Å². The molecule has 0 bridgehead atoms. The number of nitrogens with one attached hydrogen (secondary N) is 1. The molecule has 0 atom stereocenters. The zero-order valence-corrected chi connectivity index (χ0v) is 22.0. The quantitative estimate of drug-likeness (QED) is 0.348. The van der Waals surface area contributed by atoms with Crippen LogP contribution in [0.25, 0.3) is 11.1 Å². The van der Waals surface area contributed by atoms with Crippen LogP contribution in [-0.4, -0.2) is 57.2 Å². The van der Waals surface area contributed by atoms with Crippen molar-refractivity contribution in [3.8, 4) is 23.0 Å². The third-order valence-corrected chi connectivity index (χ3v) is 6.57. The monoisotopic (exact) mass is 544 g/mol. The molecule has 2 aliphatic heterocycles. The molecule has 3 aromatic carbocycles. The Balaban J connectivity index is 1.59. The number of urea groups is 1. The number of carbonyl (C=O) groups excluding carboxylic acids is 4. The molecule has 1 N–H and O–H groups in total. The predicted octanol–water partition coefficient (Wildman–Crippen LogP) is 3.90. The summed E-state index contributed by atoms with van der Waals surface area (Å²) >= 11 is 0. The van der Waals surface area contributed by atoms with Crippen LogP contribution in [0, 0.1) is 0 Å². The molecule has 0 unspecified atom stereocenters. The summed E-state index contributed by atoms with van der Waals surface area (Å²) < 4.78 is 26.4. The molecule has 11 heteroatoms. The van der Waals surface area contributed by atoms with Crippen molar-refractivity contribution in [1.29, 1.82) is 0 Å². The second kappa shape index (κ2) is 10.4. The Morgan fingerprint density at radius 3 is 1.75 bits per heavy atom. The molecular formula is C29H24N2O9. The fraction of sp³-hybridized carbons (Fsp3) is 0.172. The van der Waals surface area contributed by atoms with Crippen LogP contribution < -0.4 is 24.3 Å². The first-order chi connectivity index (χ1) is 19.3. The van der Waals surface area contributed by atoms with Gasteiger partial charge in [-0.1, -0.05) is 18.2 Å². The maximum absolute atomic E-state index is 13.8. The highest BCUT2D eigenvalue weighted by Crippen LogP contribution is 2.41. The molecule has 0 fully saturated rings. The topological polar surface area (TPSA) is 130 Å². The number of esters is 1. The molecule has 204 valence electrons. The number of fused-ring (bicyclic) bond motifs is 1. The predicted molar refractivity (Wildman–Crippen MR) is 142 cm³/mol. The van der Waals surface area contributed by atoms with Gasteiger partial charge in [0.2, 0.25) is 0 Å². The lowest BCUT2D eigenvalue weighted by Crippen LogP contribution is -2.40. The minimum atomic E-state index is -0.991. The normalized spacial score (nSPS) is 14.2. The summed E-state index contributed by atoms with van der Waals surface area (Å²) in [6, 6.07) is 13.1. The Kier molecular flexibility index (Phi) is 6.87. The number of ether oxygens (including phenoxy) is 5. The maximum Gasteiger partial charge on any atom is 0.338 e. The van der Waals surface area contributed by atoms with Gasteiger partial charge < -0.3 is 29.0 Å². The van der Waals surface area contributed by atoms with E-state index in [2.05, 4.69) is 5.32 Å². The van der Waals surface area contributed by atoms with Crippen molar-refractivity contribution in [2.45, 2.75) is 6.61 Å². The number of nitrogens with zero attached hydrogens (tertiary/aromatic N) is 1. The number of amides is 4. The van der Waals surface area contributed by atoms with Crippen molar-refractivity contribution < 1.29 is 42.9 Å². The highest BCUT2D eigenvalue weighted by atomic mass is 16.5. The Morgan fingerprint density at radius 2 is 1.25 bits per heavy atom. The lowest BCUT2D eigenvalue weighted by atomic mass is 9.95. The van der Waals surface area contributed by atoms with Gasteiger partial charge in [0.1, 0.15) is 6.61 Å². The molecular weight excluding hydrogens is 520 g/mol. The molecule has 40 heavy (non-hydrogen) atoms. The zero-order valence-electron chi connectivity index (χ0n) is 22.0. The summed E-state index contributed by atoms with van der Waals surface area (Å²) in [7, 11) is 5.83. The van der Waals surface area contributed by atoms with Gasteiger partial charge in [0, 0.05) is 11.3 Å². The summed E-state index contributed by atoms with van der Waals surface area (Å²) in [5.41, 5.74) is 1.80. The standard InChI is InChI=1S/C29H24N2O9/c1-36-20-9-6-15(11-22(20)38-3)24-25(16-7-10-21(37-2)23(12-16)39-4)27(33)31(26(24)32)29(35)30-18-8-5-17-14-40-28(34)19(17)13-18/h5-13H,14H2,1-4H3,(H,30,35). The summed E-state index contributed by atoms with van der Waals surface area (Å²) in [6.45, 7) is 0.138. The Labute approximate surface area is 228 Å². The van der Waals surface area contributed by atoms with E-state index >= 15 is 0 Å². The van der Waals surface area contributed by atoms with Crippen molar-refractivity contribution in [1.82, 2.24) is 4.90 Å². The van der Waals surface area contributed by atoms with E-state index in [1.165, 1.54) is 34.5 Å². The molecule has 3 aromatic rings. The SMILES string of the molecule is COc1ccc(C2=C(c3ccc(OC)c(OC)c3)C(=O)N(C(=O)Nc3ccc4c(c3)C(=O)OC4)C2=O)cc1OC. The molecule has 11 nitrogen and oxygen atoms in total. The molecule has 0 aliphatic carbocycles. The fourth-order valence-corrected chi connectivity index (χ4v) is 4.60. The number of methoxy groups -OCH3 is 4. The van der Waals surface area contributed by atoms with Crippen molar-refractivity contribution in [3.63, 3.8) is 0 Å². The number of carbonyl (C=O) groups is 4.